The first-order valence-corrected chi connectivity index (χ1v) is 7.79. The first-order valence-electron chi connectivity index (χ1n) is 7.79. The van der Waals surface area contributed by atoms with Crippen LogP contribution in [0, 0.1) is 0 Å². The molecule has 3 N–H and O–H groups in total. The topological polar surface area (TPSA) is 50.9 Å². The van der Waals surface area contributed by atoms with Crippen LogP contribution >= 0.6 is 0 Å². The van der Waals surface area contributed by atoms with Crippen LogP contribution in [-0.2, 0) is 12.8 Å². The number of nitrogens with zero attached hydrogens (tertiary/aromatic N) is 1. The number of hydrogen-bond acceptors (Lipinski definition) is 3. The molecule has 2 atom stereocenters. The normalized spacial score (nSPS) is 19.0. The number of rotatable bonds is 5. The Bertz CT molecular complexity index is 568. The molecule has 110 valence electrons. The summed E-state index contributed by atoms with van der Waals surface area (Å²) in [6.45, 7) is 0. The van der Waals surface area contributed by atoms with Gasteiger partial charge in [-0.2, -0.15) is 0 Å². The van der Waals surface area contributed by atoms with E-state index in [-0.39, 0.29) is 0 Å². The van der Waals surface area contributed by atoms with Gasteiger partial charge in [0.15, 0.2) is 0 Å². The summed E-state index contributed by atoms with van der Waals surface area (Å²) in [5.41, 5.74) is 7.35. The average Bonchev–Trinajstić information content (AvgIpc) is 2.55. The van der Waals surface area contributed by atoms with Crippen LogP contribution in [0.2, 0.25) is 0 Å². The molecule has 0 aliphatic heterocycles. The van der Waals surface area contributed by atoms with Crippen molar-refractivity contribution in [3.8, 4) is 0 Å². The minimum atomic E-state index is 0.309. The number of fused-ring (bicyclic) bond motifs is 1. The van der Waals surface area contributed by atoms with E-state index in [2.05, 4.69) is 46.8 Å². The Morgan fingerprint density at radius 1 is 1.19 bits per heavy atom. The molecule has 0 fully saturated rings. The number of nitrogens with one attached hydrogen (secondary N) is 1. The molecule has 0 radical (unpaired) electrons. The van der Waals surface area contributed by atoms with E-state index in [4.69, 9.17) is 5.84 Å². The Morgan fingerprint density at radius 3 is 2.81 bits per heavy atom. The van der Waals surface area contributed by atoms with Gasteiger partial charge in [-0.1, -0.05) is 24.3 Å². The summed E-state index contributed by atoms with van der Waals surface area (Å²) in [5, 5.41) is 0. The molecule has 3 rings (SSSR count). The van der Waals surface area contributed by atoms with E-state index >= 15 is 0 Å². The molecule has 0 bridgehead atoms. The number of aromatic nitrogens is 1. The largest absolute Gasteiger partial charge is 0.271 e. The van der Waals surface area contributed by atoms with E-state index < -0.39 is 0 Å². The lowest BCUT2D eigenvalue weighted by atomic mass is 9.79. The number of hydrazine groups is 1. The van der Waals surface area contributed by atoms with Gasteiger partial charge >= 0.3 is 0 Å². The summed E-state index contributed by atoms with van der Waals surface area (Å²) in [6.07, 6.45) is 9.52. The van der Waals surface area contributed by atoms with Gasteiger partial charge in [0, 0.05) is 18.4 Å². The zero-order valence-electron chi connectivity index (χ0n) is 12.3. The quantitative estimate of drug-likeness (QED) is 0.654. The Kier molecular flexibility index (Phi) is 4.63. The Labute approximate surface area is 126 Å². The lowest BCUT2D eigenvalue weighted by Crippen LogP contribution is -2.38. The molecule has 3 nitrogen and oxygen atoms in total. The minimum Gasteiger partial charge on any atom is -0.271 e. The van der Waals surface area contributed by atoms with Crippen LogP contribution in [0.15, 0.2) is 48.8 Å². The first-order chi connectivity index (χ1) is 10.4. The van der Waals surface area contributed by atoms with E-state index in [0.717, 1.165) is 12.8 Å². The minimum absolute atomic E-state index is 0.309. The van der Waals surface area contributed by atoms with Crippen LogP contribution in [0.1, 0.15) is 41.9 Å². The highest BCUT2D eigenvalue weighted by Gasteiger charge is 2.22. The lowest BCUT2D eigenvalue weighted by Gasteiger charge is -2.29. The second kappa shape index (κ2) is 6.83. The molecular weight excluding hydrogens is 258 g/mol. The SMILES string of the molecule is NNC(Cc1ccncc1)CC1CCCc2ccccc21. The van der Waals surface area contributed by atoms with Crippen LogP contribution < -0.4 is 11.3 Å². The van der Waals surface area contributed by atoms with E-state index in [9.17, 15) is 0 Å². The predicted molar refractivity (Wildman–Crippen MR) is 85.8 cm³/mol. The standard InChI is InChI=1S/C18H23N3/c19-21-17(12-14-8-10-20-11-9-14)13-16-6-3-5-15-4-1-2-7-18(15)16/h1-2,4,7-11,16-17,21H,3,5-6,12-13,19H2. The number of hydrogen-bond donors (Lipinski definition) is 2. The van der Waals surface area contributed by atoms with Crippen molar-refractivity contribution in [1.82, 2.24) is 10.4 Å². The van der Waals surface area contributed by atoms with Crippen LogP contribution in [0.5, 0.6) is 0 Å². The lowest BCUT2D eigenvalue weighted by molar-refractivity contribution is 0.414. The van der Waals surface area contributed by atoms with Crippen molar-refractivity contribution in [3.05, 3.63) is 65.5 Å². The van der Waals surface area contributed by atoms with Gasteiger partial charge in [0.25, 0.3) is 0 Å². The molecule has 1 aliphatic carbocycles. The van der Waals surface area contributed by atoms with Crippen LogP contribution in [0.4, 0.5) is 0 Å². The number of nitrogens with two attached hydrogens (primary N) is 1. The summed E-state index contributed by atoms with van der Waals surface area (Å²) in [6, 6.07) is 13.3. The maximum Gasteiger partial charge on any atom is 0.0270 e. The van der Waals surface area contributed by atoms with Gasteiger partial charge in [-0.05, 0) is 66.8 Å². The summed E-state index contributed by atoms with van der Waals surface area (Å²) in [4.78, 5) is 4.07. The Balaban J connectivity index is 1.70. The molecule has 0 saturated carbocycles. The second-order valence-corrected chi connectivity index (χ2v) is 5.95. The van der Waals surface area contributed by atoms with Gasteiger partial charge in [0.1, 0.15) is 0 Å². The van der Waals surface area contributed by atoms with Crippen molar-refractivity contribution >= 4 is 0 Å². The summed E-state index contributed by atoms with van der Waals surface area (Å²) < 4.78 is 0. The summed E-state index contributed by atoms with van der Waals surface area (Å²) >= 11 is 0. The molecule has 1 heterocycles. The highest BCUT2D eigenvalue weighted by molar-refractivity contribution is 5.32. The highest BCUT2D eigenvalue weighted by Crippen LogP contribution is 2.34. The fourth-order valence-electron chi connectivity index (χ4n) is 3.46. The third-order valence-corrected chi connectivity index (χ3v) is 4.53. The maximum absolute atomic E-state index is 5.79. The van der Waals surface area contributed by atoms with E-state index in [1.807, 2.05) is 12.4 Å². The zero-order valence-corrected chi connectivity index (χ0v) is 12.3. The molecule has 21 heavy (non-hydrogen) atoms. The van der Waals surface area contributed by atoms with E-state index in [0.29, 0.717) is 12.0 Å². The van der Waals surface area contributed by atoms with Crippen molar-refractivity contribution in [2.24, 2.45) is 5.84 Å². The fraction of sp³-hybridized carbons (Fsp3) is 0.389. The van der Waals surface area contributed by atoms with Gasteiger partial charge in [-0.3, -0.25) is 16.3 Å². The Hall–Kier alpha value is -1.71. The third-order valence-electron chi connectivity index (χ3n) is 4.53. The monoisotopic (exact) mass is 281 g/mol. The molecule has 3 heteroatoms. The summed E-state index contributed by atoms with van der Waals surface area (Å²) in [7, 11) is 0. The average molecular weight is 281 g/mol. The molecule has 2 unspecified atom stereocenters. The van der Waals surface area contributed by atoms with Crippen LogP contribution in [0.25, 0.3) is 0 Å². The second-order valence-electron chi connectivity index (χ2n) is 5.95. The number of pyridine rings is 1. The maximum atomic E-state index is 5.79. The highest BCUT2D eigenvalue weighted by atomic mass is 15.2. The van der Waals surface area contributed by atoms with Crippen LogP contribution in [0.3, 0.4) is 0 Å². The molecule has 1 aromatic carbocycles. The predicted octanol–water partition coefficient (Wildman–Crippen LogP) is 2.97. The molecule has 1 aromatic heterocycles. The van der Waals surface area contributed by atoms with Crippen molar-refractivity contribution in [2.75, 3.05) is 0 Å². The summed E-state index contributed by atoms with van der Waals surface area (Å²) in [5.74, 6) is 6.42. The van der Waals surface area contributed by atoms with E-state index in [1.54, 1.807) is 0 Å². The Morgan fingerprint density at radius 2 is 2.00 bits per heavy atom. The molecule has 0 amide bonds. The molecule has 0 spiro atoms. The van der Waals surface area contributed by atoms with E-state index in [1.165, 1.54) is 36.0 Å². The first kappa shape index (κ1) is 14.2. The zero-order chi connectivity index (χ0) is 14.5. The smallest absolute Gasteiger partial charge is 0.0270 e. The van der Waals surface area contributed by atoms with Crippen molar-refractivity contribution in [1.29, 1.82) is 0 Å². The fourth-order valence-corrected chi connectivity index (χ4v) is 3.46. The van der Waals surface area contributed by atoms with Gasteiger partial charge < -0.3 is 0 Å². The molecule has 2 aromatic rings. The molecular formula is C18H23N3. The van der Waals surface area contributed by atoms with Crippen molar-refractivity contribution in [2.45, 2.75) is 44.1 Å². The molecule has 0 saturated heterocycles. The van der Waals surface area contributed by atoms with Gasteiger partial charge in [-0.25, -0.2) is 0 Å². The van der Waals surface area contributed by atoms with Gasteiger partial charge in [0.05, 0.1) is 0 Å². The van der Waals surface area contributed by atoms with Crippen molar-refractivity contribution in [3.63, 3.8) is 0 Å². The third kappa shape index (κ3) is 3.49. The number of benzene rings is 1. The van der Waals surface area contributed by atoms with Crippen LogP contribution in [-0.4, -0.2) is 11.0 Å². The van der Waals surface area contributed by atoms with Crippen molar-refractivity contribution < 1.29 is 0 Å². The molecule has 1 aliphatic rings. The number of aryl methyl sites for hydroxylation is 1. The van der Waals surface area contributed by atoms with Gasteiger partial charge in [0.2, 0.25) is 0 Å². The van der Waals surface area contributed by atoms with Gasteiger partial charge in [-0.15, -0.1) is 0 Å².